The lowest BCUT2D eigenvalue weighted by atomic mass is 10.0. The van der Waals surface area contributed by atoms with Crippen LogP contribution < -0.4 is 4.74 Å². The van der Waals surface area contributed by atoms with Gasteiger partial charge in [-0.15, -0.1) is 0 Å². The number of carbonyl (C=O) groups excluding carboxylic acids is 1. The minimum atomic E-state index is -0.282. The van der Waals surface area contributed by atoms with Crippen LogP contribution >= 0.6 is 0 Å². The third-order valence-corrected chi connectivity index (χ3v) is 3.08. The molecule has 0 aliphatic rings. The van der Waals surface area contributed by atoms with Gasteiger partial charge in [-0.25, -0.2) is 0 Å². The third kappa shape index (κ3) is 3.39. The van der Waals surface area contributed by atoms with Crippen molar-refractivity contribution < 1.29 is 24.2 Å². The van der Waals surface area contributed by atoms with Crippen molar-refractivity contribution in [3.8, 4) is 5.75 Å². The Morgan fingerprint density at radius 1 is 1.33 bits per heavy atom. The molecule has 0 aliphatic carbocycles. The number of allylic oxidation sites excluding steroid dienone is 1. The Kier molecular flexibility index (Phi) is 4.92. The highest BCUT2D eigenvalue weighted by molar-refractivity contribution is 6.07. The van der Waals surface area contributed by atoms with Crippen molar-refractivity contribution in [1.82, 2.24) is 0 Å². The molecule has 0 amide bonds. The van der Waals surface area contributed by atoms with Gasteiger partial charge in [0.25, 0.3) is 0 Å². The van der Waals surface area contributed by atoms with Gasteiger partial charge in [0.2, 0.25) is 0 Å². The van der Waals surface area contributed by atoms with Gasteiger partial charge in [-0.05, 0) is 42.0 Å². The lowest BCUT2D eigenvalue weighted by Gasteiger charge is -2.12. The van der Waals surface area contributed by atoms with Crippen LogP contribution in [0.25, 0.3) is 6.08 Å². The zero-order chi connectivity index (χ0) is 15.2. The molecule has 1 aromatic heterocycles. The predicted octanol–water partition coefficient (Wildman–Crippen LogP) is 2.17. The van der Waals surface area contributed by atoms with E-state index in [1.54, 1.807) is 30.3 Å². The first-order chi connectivity index (χ1) is 10.2. The molecule has 0 saturated carbocycles. The maximum Gasteiger partial charge on any atom is 0.186 e. The molecule has 2 N–H and O–H groups in total. The molecule has 2 rings (SSSR count). The summed E-state index contributed by atoms with van der Waals surface area (Å²) < 4.78 is 10.3. The summed E-state index contributed by atoms with van der Waals surface area (Å²) in [7, 11) is 1.45. The minimum absolute atomic E-state index is 0.246. The Hall–Kier alpha value is -2.37. The van der Waals surface area contributed by atoms with Crippen molar-refractivity contribution in [2.24, 2.45) is 0 Å². The number of ether oxygens (including phenoxy) is 1. The van der Waals surface area contributed by atoms with Gasteiger partial charge in [0, 0.05) is 11.1 Å². The van der Waals surface area contributed by atoms with E-state index in [1.807, 2.05) is 0 Å². The average molecular weight is 288 g/mol. The van der Waals surface area contributed by atoms with Crippen molar-refractivity contribution >= 4 is 11.9 Å². The monoisotopic (exact) mass is 288 g/mol. The van der Waals surface area contributed by atoms with Gasteiger partial charge in [-0.1, -0.05) is 0 Å². The lowest BCUT2D eigenvalue weighted by Crippen LogP contribution is -2.03. The minimum Gasteiger partial charge on any atom is -0.496 e. The van der Waals surface area contributed by atoms with Crippen molar-refractivity contribution in [3.63, 3.8) is 0 Å². The maximum absolute atomic E-state index is 12.1. The summed E-state index contributed by atoms with van der Waals surface area (Å²) in [5, 5.41) is 18.7. The van der Waals surface area contributed by atoms with E-state index in [9.17, 15) is 15.0 Å². The van der Waals surface area contributed by atoms with E-state index < -0.39 is 0 Å². The Balaban J connectivity index is 2.33. The highest BCUT2D eigenvalue weighted by Crippen LogP contribution is 2.25. The van der Waals surface area contributed by atoms with Gasteiger partial charge in [0.05, 0.1) is 26.6 Å². The topological polar surface area (TPSA) is 79.9 Å². The third-order valence-electron chi connectivity index (χ3n) is 3.08. The zero-order valence-corrected chi connectivity index (χ0v) is 11.6. The molecule has 0 saturated heterocycles. The van der Waals surface area contributed by atoms with Crippen LogP contribution in [0.15, 0.2) is 41.0 Å². The number of aliphatic hydroxyl groups is 2. The van der Waals surface area contributed by atoms with Gasteiger partial charge >= 0.3 is 0 Å². The molecule has 0 spiro atoms. The molecule has 110 valence electrons. The van der Waals surface area contributed by atoms with Crippen LogP contribution in [-0.2, 0) is 13.2 Å². The molecule has 5 nitrogen and oxygen atoms in total. The summed E-state index contributed by atoms with van der Waals surface area (Å²) in [6.07, 6.45) is 4.47. The molecular formula is C16H16O5. The number of furan rings is 1. The first-order valence-electron chi connectivity index (χ1n) is 6.37. The quantitative estimate of drug-likeness (QED) is 0.629. The molecule has 0 aliphatic heterocycles. The normalized spacial score (nSPS) is 11.0. The molecule has 0 radical (unpaired) electrons. The Morgan fingerprint density at radius 3 is 2.71 bits per heavy atom. The average Bonchev–Trinajstić information content (AvgIpc) is 3.04. The SMILES string of the molecule is COc1cc(C(=O)/C=C/c2ccco2)cc(CO)c1CO. The molecule has 2 aromatic rings. The Labute approximate surface area is 122 Å². The fourth-order valence-electron chi connectivity index (χ4n) is 1.99. The van der Waals surface area contributed by atoms with E-state index in [2.05, 4.69) is 0 Å². The van der Waals surface area contributed by atoms with Crippen LogP contribution in [0.5, 0.6) is 5.75 Å². The van der Waals surface area contributed by atoms with E-state index in [1.165, 1.54) is 19.4 Å². The lowest BCUT2D eigenvalue weighted by molar-refractivity contribution is 0.104. The van der Waals surface area contributed by atoms with Crippen LogP contribution in [0.4, 0.5) is 0 Å². The van der Waals surface area contributed by atoms with Crippen LogP contribution in [0, 0.1) is 0 Å². The van der Waals surface area contributed by atoms with Gasteiger partial charge in [0.15, 0.2) is 5.78 Å². The highest BCUT2D eigenvalue weighted by atomic mass is 16.5. The van der Waals surface area contributed by atoms with Crippen LogP contribution in [-0.4, -0.2) is 23.1 Å². The van der Waals surface area contributed by atoms with Gasteiger partial charge in [-0.2, -0.15) is 0 Å². The summed E-state index contributed by atoms with van der Waals surface area (Å²) in [6.45, 7) is -0.551. The van der Waals surface area contributed by atoms with E-state index in [4.69, 9.17) is 9.15 Å². The standard InChI is InChI=1S/C16H16O5/c1-20-16-8-11(7-12(9-17)14(16)10-18)15(19)5-4-13-3-2-6-21-13/h2-8,17-18H,9-10H2,1H3/b5-4+. The molecule has 21 heavy (non-hydrogen) atoms. The summed E-state index contributed by atoms with van der Waals surface area (Å²) >= 11 is 0. The number of benzene rings is 1. The van der Waals surface area contributed by atoms with E-state index >= 15 is 0 Å². The zero-order valence-electron chi connectivity index (χ0n) is 11.6. The molecule has 0 bridgehead atoms. The Bertz CT molecular complexity index is 616. The number of ketones is 1. The van der Waals surface area contributed by atoms with Gasteiger partial charge < -0.3 is 19.4 Å². The summed E-state index contributed by atoms with van der Waals surface area (Å²) in [4.78, 5) is 12.1. The second-order valence-electron chi connectivity index (χ2n) is 4.35. The van der Waals surface area contributed by atoms with E-state index in [0.29, 0.717) is 28.2 Å². The molecule has 1 aromatic carbocycles. The molecule has 0 fully saturated rings. The number of carbonyl (C=O) groups is 1. The fraction of sp³-hybridized carbons (Fsp3) is 0.188. The van der Waals surface area contributed by atoms with Crippen LogP contribution in [0.3, 0.4) is 0 Å². The number of hydrogen-bond acceptors (Lipinski definition) is 5. The number of hydrogen-bond donors (Lipinski definition) is 2. The molecule has 0 atom stereocenters. The fourth-order valence-corrected chi connectivity index (χ4v) is 1.99. The molecule has 0 unspecified atom stereocenters. The van der Waals surface area contributed by atoms with Crippen molar-refractivity contribution in [2.75, 3.05) is 7.11 Å². The van der Waals surface area contributed by atoms with E-state index in [0.717, 1.165) is 0 Å². The first-order valence-corrected chi connectivity index (χ1v) is 6.37. The van der Waals surface area contributed by atoms with Gasteiger partial charge in [0.1, 0.15) is 11.5 Å². The summed E-state index contributed by atoms with van der Waals surface area (Å²) in [5.74, 6) is 0.701. The first kappa shape index (κ1) is 15.0. The second-order valence-corrected chi connectivity index (χ2v) is 4.35. The largest absolute Gasteiger partial charge is 0.496 e. The number of methoxy groups -OCH3 is 1. The summed E-state index contributed by atoms with van der Waals surface area (Å²) in [5.41, 5.74) is 1.31. The molecular weight excluding hydrogens is 272 g/mol. The summed E-state index contributed by atoms with van der Waals surface area (Å²) in [6, 6.07) is 6.55. The molecule has 1 heterocycles. The molecule has 5 heteroatoms. The van der Waals surface area contributed by atoms with Crippen molar-refractivity contribution in [2.45, 2.75) is 13.2 Å². The Morgan fingerprint density at radius 2 is 2.14 bits per heavy atom. The van der Waals surface area contributed by atoms with Gasteiger partial charge in [-0.3, -0.25) is 4.79 Å². The van der Waals surface area contributed by atoms with Crippen molar-refractivity contribution in [1.29, 1.82) is 0 Å². The number of rotatable bonds is 6. The maximum atomic E-state index is 12.1. The predicted molar refractivity (Wildman–Crippen MR) is 76.9 cm³/mol. The smallest absolute Gasteiger partial charge is 0.186 e. The van der Waals surface area contributed by atoms with Crippen LogP contribution in [0.1, 0.15) is 27.2 Å². The second kappa shape index (κ2) is 6.88. The number of aliphatic hydroxyl groups excluding tert-OH is 2. The van der Waals surface area contributed by atoms with Crippen LogP contribution in [0.2, 0.25) is 0 Å². The van der Waals surface area contributed by atoms with E-state index in [-0.39, 0.29) is 19.0 Å². The van der Waals surface area contributed by atoms with Crippen molar-refractivity contribution in [3.05, 3.63) is 59.1 Å². The highest BCUT2D eigenvalue weighted by Gasteiger charge is 2.13.